The second-order valence-corrected chi connectivity index (χ2v) is 6.70. The predicted octanol–water partition coefficient (Wildman–Crippen LogP) is 3.67. The fourth-order valence-corrected chi connectivity index (χ4v) is 3.51. The number of halogens is 1. The lowest BCUT2D eigenvalue weighted by atomic mass is 10.1. The molecule has 0 spiro atoms. The maximum Gasteiger partial charge on any atom is 0.158 e. The van der Waals surface area contributed by atoms with Crippen LogP contribution >= 0.6 is 11.6 Å². The van der Waals surface area contributed by atoms with Crippen molar-refractivity contribution < 1.29 is 9.47 Å². The van der Waals surface area contributed by atoms with Gasteiger partial charge < -0.3 is 14.4 Å². The van der Waals surface area contributed by atoms with E-state index in [0.29, 0.717) is 5.03 Å². The molecule has 0 amide bonds. The lowest BCUT2D eigenvalue weighted by Gasteiger charge is -2.34. The Labute approximate surface area is 153 Å². The van der Waals surface area contributed by atoms with E-state index in [4.69, 9.17) is 21.1 Å². The van der Waals surface area contributed by atoms with Gasteiger partial charge >= 0.3 is 0 Å². The summed E-state index contributed by atoms with van der Waals surface area (Å²) < 4.78 is 11.5. The van der Waals surface area contributed by atoms with E-state index in [2.05, 4.69) is 21.6 Å². The number of hydrogen-bond donors (Lipinski definition) is 0. The molecule has 3 aliphatic rings. The second kappa shape index (κ2) is 7.51. The van der Waals surface area contributed by atoms with E-state index in [1.165, 1.54) is 0 Å². The largest absolute Gasteiger partial charge is 0.452 e. The average Bonchev–Trinajstić information content (AvgIpc) is 2.83. The molecular weight excluding hydrogens is 336 g/mol. The van der Waals surface area contributed by atoms with Crippen LogP contribution in [0.5, 0.6) is 5.75 Å². The summed E-state index contributed by atoms with van der Waals surface area (Å²) in [5.74, 6) is 1.66. The first-order valence-electron chi connectivity index (χ1n) is 8.70. The van der Waals surface area contributed by atoms with Crippen LogP contribution in [-0.4, -0.2) is 44.3 Å². The first-order chi connectivity index (χ1) is 12.3. The molecule has 0 atom stereocenters. The molecule has 0 bridgehead atoms. The molecule has 2 heterocycles. The minimum absolute atomic E-state index is 0.655. The Morgan fingerprint density at radius 3 is 2.80 bits per heavy atom. The number of allylic oxidation sites excluding steroid dienone is 3. The number of fused-ring (bicyclic) bond motifs is 1. The number of para-hydroxylation sites is 2. The fourth-order valence-electron chi connectivity index (χ4n) is 3.34. The molecule has 0 aromatic heterocycles. The minimum Gasteiger partial charge on any atom is -0.452 e. The SMILES string of the molecule is ClC1=CC2=C(C=C=C1)Oc1ccccc1N2CCCN1CCOCC1. The van der Waals surface area contributed by atoms with Gasteiger partial charge in [-0.15, -0.1) is 5.73 Å². The topological polar surface area (TPSA) is 24.9 Å². The van der Waals surface area contributed by atoms with Gasteiger partial charge in [0.25, 0.3) is 0 Å². The highest BCUT2D eigenvalue weighted by Gasteiger charge is 2.25. The molecular formula is C20H21ClN2O2. The van der Waals surface area contributed by atoms with Crippen LogP contribution in [0.15, 0.2) is 64.7 Å². The summed E-state index contributed by atoms with van der Waals surface area (Å²) in [4.78, 5) is 4.76. The summed E-state index contributed by atoms with van der Waals surface area (Å²) in [6.45, 7) is 5.69. The highest BCUT2D eigenvalue weighted by molar-refractivity contribution is 6.31. The Morgan fingerprint density at radius 1 is 1.08 bits per heavy atom. The van der Waals surface area contributed by atoms with Gasteiger partial charge in [0, 0.05) is 32.3 Å². The van der Waals surface area contributed by atoms with Gasteiger partial charge in [0.15, 0.2) is 11.5 Å². The molecule has 0 N–H and O–H groups in total. The summed E-state index contributed by atoms with van der Waals surface area (Å²) in [7, 11) is 0. The molecule has 5 heteroatoms. The second-order valence-electron chi connectivity index (χ2n) is 6.26. The van der Waals surface area contributed by atoms with Crippen LogP contribution in [0.25, 0.3) is 0 Å². The van der Waals surface area contributed by atoms with Gasteiger partial charge in [0.2, 0.25) is 0 Å². The molecule has 1 aromatic rings. The van der Waals surface area contributed by atoms with Crippen LogP contribution in [0.3, 0.4) is 0 Å². The normalized spacial score (nSPS) is 19.9. The molecule has 0 unspecified atom stereocenters. The molecule has 1 saturated heterocycles. The minimum atomic E-state index is 0.655. The summed E-state index contributed by atoms with van der Waals surface area (Å²) in [5, 5.41) is 0.655. The number of anilines is 1. The number of rotatable bonds is 4. The van der Waals surface area contributed by atoms with E-state index in [1.54, 1.807) is 6.08 Å². The molecule has 1 aliphatic carbocycles. The van der Waals surface area contributed by atoms with Gasteiger partial charge in [-0.3, -0.25) is 4.90 Å². The molecule has 1 fully saturated rings. The molecule has 4 nitrogen and oxygen atoms in total. The molecule has 0 saturated carbocycles. The van der Waals surface area contributed by atoms with Crippen molar-refractivity contribution in [3.8, 4) is 5.75 Å². The molecule has 2 aliphatic heterocycles. The van der Waals surface area contributed by atoms with Gasteiger partial charge in [-0.05, 0) is 30.7 Å². The quantitative estimate of drug-likeness (QED) is 0.768. The van der Waals surface area contributed by atoms with Crippen molar-refractivity contribution in [3.05, 3.63) is 64.7 Å². The Morgan fingerprint density at radius 2 is 1.92 bits per heavy atom. The Bertz CT molecular complexity index is 772. The highest BCUT2D eigenvalue weighted by atomic mass is 35.5. The molecule has 0 radical (unpaired) electrons. The van der Waals surface area contributed by atoms with Gasteiger partial charge in [0.05, 0.1) is 29.6 Å². The fraction of sp³-hybridized carbons (Fsp3) is 0.350. The van der Waals surface area contributed by atoms with E-state index < -0.39 is 0 Å². The molecule has 130 valence electrons. The van der Waals surface area contributed by atoms with Crippen molar-refractivity contribution in [2.24, 2.45) is 0 Å². The Hall–Kier alpha value is -1.97. The maximum absolute atomic E-state index is 6.27. The van der Waals surface area contributed by atoms with E-state index in [9.17, 15) is 0 Å². The highest BCUT2D eigenvalue weighted by Crippen LogP contribution is 2.39. The third kappa shape index (κ3) is 3.68. The van der Waals surface area contributed by atoms with Crippen LogP contribution in [0.2, 0.25) is 0 Å². The van der Waals surface area contributed by atoms with Gasteiger partial charge in [0.1, 0.15) is 0 Å². The zero-order valence-corrected chi connectivity index (χ0v) is 14.8. The summed E-state index contributed by atoms with van der Waals surface area (Å²) >= 11 is 6.27. The lowest BCUT2D eigenvalue weighted by Crippen LogP contribution is -2.38. The number of ether oxygens (including phenoxy) is 2. The standard InChI is InChI=1S/C20H21ClN2O2/c21-16-5-3-8-20-18(15-16)23(17-6-1-2-7-19(17)25-20)10-4-9-22-11-13-24-14-12-22/h1-2,5-8,15H,4,9-14H2. The maximum atomic E-state index is 6.27. The molecule has 4 rings (SSSR count). The third-order valence-electron chi connectivity index (χ3n) is 4.59. The summed E-state index contributed by atoms with van der Waals surface area (Å²) in [5.41, 5.74) is 5.15. The van der Waals surface area contributed by atoms with Crippen molar-refractivity contribution in [1.82, 2.24) is 4.90 Å². The molecule has 1 aromatic carbocycles. The number of morpholine rings is 1. The van der Waals surface area contributed by atoms with E-state index >= 15 is 0 Å². The van der Waals surface area contributed by atoms with E-state index in [0.717, 1.165) is 68.7 Å². The number of benzene rings is 1. The van der Waals surface area contributed by atoms with Gasteiger partial charge in [-0.2, -0.15) is 0 Å². The summed E-state index contributed by atoms with van der Waals surface area (Å²) in [6.07, 6.45) is 6.64. The third-order valence-corrected chi connectivity index (χ3v) is 4.81. The predicted molar refractivity (Wildman–Crippen MR) is 99.9 cm³/mol. The lowest BCUT2D eigenvalue weighted by molar-refractivity contribution is 0.0377. The van der Waals surface area contributed by atoms with Crippen LogP contribution in [0.4, 0.5) is 5.69 Å². The monoisotopic (exact) mass is 356 g/mol. The Balaban J connectivity index is 1.55. The van der Waals surface area contributed by atoms with E-state index in [-0.39, 0.29) is 0 Å². The number of nitrogens with zero attached hydrogens (tertiary/aromatic N) is 2. The van der Waals surface area contributed by atoms with Crippen molar-refractivity contribution in [2.75, 3.05) is 44.3 Å². The zero-order chi connectivity index (χ0) is 17.1. The van der Waals surface area contributed by atoms with Crippen LogP contribution in [0, 0.1) is 0 Å². The van der Waals surface area contributed by atoms with Crippen LogP contribution < -0.4 is 9.64 Å². The smallest absolute Gasteiger partial charge is 0.158 e. The van der Waals surface area contributed by atoms with Crippen LogP contribution in [-0.2, 0) is 4.74 Å². The van der Waals surface area contributed by atoms with Crippen molar-refractivity contribution >= 4 is 17.3 Å². The van der Waals surface area contributed by atoms with Crippen LogP contribution in [0.1, 0.15) is 6.42 Å². The first-order valence-corrected chi connectivity index (χ1v) is 9.07. The summed E-state index contributed by atoms with van der Waals surface area (Å²) in [6, 6.07) is 8.13. The number of hydrogen-bond acceptors (Lipinski definition) is 4. The average molecular weight is 357 g/mol. The zero-order valence-electron chi connectivity index (χ0n) is 14.1. The van der Waals surface area contributed by atoms with Crippen molar-refractivity contribution in [3.63, 3.8) is 0 Å². The Kier molecular flexibility index (Phi) is 4.95. The first kappa shape index (κ1) is 16.5. The van der Waals surface area contributed by atoms with Gasteiger partial charge in [-0.1, -0.05) is 23.7 Å². The molecule has 25 heavy (non-hydrogen) atoms. The van der Waals surface area contributed by atoms with Crippen molar-refractivity contribution in [2.45, 2.75) is 6.42 Å². The van der Waals surface area contributed by atoms with Gasteiger partial charge in [-0.25, -0.2) is 0 Å². The van der Waals surface area contributed by atoms with E-state index in [1.807, 2.05) is 30.4 Å². The van der Waals surface area contributed by atoms with Crippen molar-refractivity contribution in [1.29, 1.82) is 0 Å².